The van der Waals surface area contributed by atoms with Crippen LogP contribution in [0.1, 0.15) is 35.7 Å². The SMILES string of the molecule is CCC(CO)Nc1cc(C)nc2c1NCCN2c1c(C)cc(C)cc1C. The first-order valence-electron chi connectivity index (χ1n) is 9.42. The highest BCUT2D eigenvalue weighted by atomic mass is 16.3. The highest BCUT2D eigenvalue weighted by Gasteiger charge is 2.25. The van der Waals surface area contributed by atoms with E-state index in [4.69, 9.17) is 4.98 Å². The molecule has 0 aliphatic carbocycles. The van der Waals surface area contributed by atoms with Gasteiger partial charge in [0.1, 0.15) is 5.69 Å². The summed E-state index contributed by atoms with van der Waals surface area (Å²) in [7, 11) is 0. The van der Waals surface area contributed by atoms with Crippen LogP contribution in [0.5, 0.6) is 0 Å². The topological polar surface area (TPSA) is 60.4 Å². The van der Waals surface area contributed by atoms with Crippen LogP contribution < -0.4 is 15.5 Å². The van der Waals surface area contributed by atoms with Crippen molar-refractivity contribution in [1.29, 1.82) is 0 Å². The molecule has 5 nitrogen and oxygen atoms in total. The van der Waals surface area contributed by atoms with Gasteiger partial charge in [-0.1, -0.05) is 24.6 Å². The van der Waals surface area contributed by atoms with E-state index in [1.54, 1.807) is 0 Å². The molecule has 0 fully saturated rings. The van der Waals surface area contributed by atoms with Crippen molar-refractivity contribution in [2.24, 2.45) is 0 Å². The molecule has 3 rings (SSSR count). The van der Waals surface area contributed by atoms with Gasteiger partial charge < -0.3 is 20.6 Å². The number of nitrogens with zero attached hydrogens (tertiary/aromatic N) is 2. The van der Waals surface area contributed by atoms with E-state index in [-0.39, 0.29) is 12.6 Å². The number of anilines is 4. The van der Waals surface area contributed by atoms with Crippen LogP contribution in [-0.2, 0) is 0 Å². The lowest BCUT2D eigenvalue weighted by molar-refractivity contribution is 0.272. The maximum Gasteiger partial charge on any atom is 0.158 e. The number of fused-ring (bicyclic) bond motifs is 1. The Morgan fingerprint density at radius 1 is 1.19 bits per heavy atom. The van der Waals surface area contributed by atoms with Gasteiger partial charge in [-0.3, -0.25) is 0 Å². The van der Waals surface area contributed by atoms with Crippen LogP contribution in [0.25, 0.3) is 0 Å². The Labute approximate surface area is 156 Å². The molecule has 0 amide bonds. The van der Waals surface area contributed by atoms with Crippen LogP contribution in [0.4, 0.5) is 22.9 Å². The van der Waals surface area contributed by atoms with Crippen molar-refractivity contribution < 1.29 is 5.11 Å². The lowest BCUT2D eigenvalue weighted by Gasteiger charge is -2.35. The van der Waals surface area contributed by atoms with Gasteiger partial charge in [0.2, 0.25) is 0 Å². The lowest BCUT2D eigenvalue weighted by atomic mass is 10.0. The Morgan fingerprint density at radius 2 is 1.88 bits per heavy atom. The number of nitrogens with one attached hydrogen (secondary N) is 2. The number of aliphatic hydroxyl groups is 1. The van der Waals surface area contributed by atoms with E-state index >= 15 is 0 Å². The van der Waals surface area contributed by atoms with Crippen LogP contribution in [-0.4, -0.2) is 35.8 Å². The van der Waals surface area contributed by atoms with E-state index in [2.05, 4.69) is 61.4 Å². The summed E-state index contributed by atoms with van der Waals surface area (Å²) < 4.78 is 0. The summed E-state index contributed by atoms with van der Waals surface area (Å²) in [5.74, 6) is 0.960. The van der Waals surface area contributed by atoms with Crippen molar-refractivity contribution in [3.05, 3.63) is 40.6 Å². The van der Waals surface area contributed by atoms with Crippen molar-refractivity contribution in [2.45, 2.75) is 47.1 Å². The molecule has 1 unspecified atom stereocenters. The first-order chi connectivity index (χ1) is 12.4. The second-order valence-electron chi connectivity index (χ2n) is 7.27. The molecule has 140 valence electrons. The van der Waals surface area contributed by atoms with Gasteiger partial charge in [0.05, 0.1) is 12.3 Å². The fourth-order valence-electron chi connectivity index (χ4n) is 3.85. The molecule has 0 bridgehead atoms. The second kappa shape index (κ2) is 7.54. The Morgan fingerprint density at radius 3 is 2.50 bits per heavy atom. The van der Waals surface area contributed by atoms with Gasteiger partial charge in [0.25, 0.3) is 0 Å². The fourth-order valence-corrected chi connectivity index (χ4v) is 3.85. The molecule has 2 heterocycles. The number of aromatic nitrogens is 1. The molecule has 1 aliphatic heterocycles. The molecular formula is C21H30N4O. The summed E-state index contributed by atoms with van der Waals surface area (Å²) in [4.78, 5) is 7.18. The van der Waals surface area contributed by atoms with Crippen molar-refractivity contribution >= 4 is 22.9 Å². The Bertz CT molecular complexity index is 776. The predicted molar refractivity (Wildman–Crippen MR) is 110 cm³/mol. The maximum absolute atomic E-state index is 9.58. The zero-order valence-electron chi connectivity index (χ0n) is 16.5. The summed E-state index contributed by atoms with van der Waals surface area (Å²) in [5, 5.41) is 16.6. The van der Waals surface area contributed by atoms with Crippen molar-refractivity contribution in [3.8, 4) is 0 Å². The molecule has 0 radical (unpaired) electrons. The van der Waals surface area contributed by atoms with Gasteiger partial charge in [0, 0.05) is 30.5 Å². The largest absolute Gasteiger partial charge is 0.394 e. The molecule has 1 atom stereocenters. The first kappa shape index (κ1) is 18.5. The third-order valence-corrected chi connectivity index (χ3v) is 5.00. The molecule has 0 saturated carbocycles. The van der Waals surface area contributed by atoms with Gasteiger partial charge in [-0.15, -0.1) is 0 Å². The van der Waals surface area contributed by atoms with Crippen molar-refractivity contribution in [3.63, 3.8) is 0 Å². The quantitative estimate of drug-likeness (QED) is 0.756. The van der Waals surface area contributed by atoms with Gasteiger partial charge in [-0.05, 0) is 51.3 Å². The number of pyridine rings is 1. The molecule has 1 aliphatic rings. The predicted octanol–water partition coefficient (Wildman–Crippen LogP) is 4.06. The number of hydrogen-bond donors (Lipinski definition) is 3. The normalized spacial score (nSPS) is 14.6. The monoisotopic (exact) mass is 354 g/mol. The Kier molecular flexibility index (Phi) is 5.37. The molecule has 26 heavy (non-hydrogen) atoms. The van der Waals surface area contributed by atoms with Gasteiger partial charge >= 0.3 is 0 Å². The van der Waals surface area contributed by atoms with Crippen molar-refractivity contribution in [2.75, 3.05) is 35.2 Å². The average Bonchev–Trinajstić information content (AvgIpc) is 2.59. The van der Waals surface area contributed by atoms with Crippen molar-refractivity contribution in [1.82, 2.24) is 4.98 Å². The van der Waals surface area contributed by atoms with Crippen LogP contribution in [0.2, 0.25) is 0 Å². The highest BCUT2D eigenvalue weighted by Crippen LogP contribution is 2.41. The summed E-state index contributed by atoms with van der Waals surface area (Å²) in [5.41, 5.74) is 8.08. The van der Waals surface area contributed by atoms with E-state index in [9.17, 15) is 5.11 Å². The average molecular weight is 354 g/mol. The number of hydrogen-bond acceptors (Lipinski definition) is 5. The van der Waals surface area contributed by atoms with Gasteiger partial charge in [-0.25, -0.2) is 4.98 Å². The van der Waals surface area contributed by atoms with Gasteiger partial charge in [-0.2, -0.15) is 0 Å². The molecule has 2 aromatic rings. The minimum absolute atomic E-state index is 0.0425. The van der Waals surface area contributed by atoms with E-state index in [0.717, 1.165) is 42.4 Å². The minimum atomic E-state index is 0.0425. The van der Waals surface area contributed by atoms with Crippen LogP contribution in [0, 0.1) is 27.7 Å². The van der Waals surface area contributed by atoms with Gasteiger partial charge in [0.15, 0.2) is 5.82 Å². The molecule has 1 aromatic carbocycles. The first-order valence-corrected chi connectivity index (χ1v) is 9.42. The summed E-state index contributed by atoms with van der Waals surface area (Å²) in [6.07, 6.45) is 0.868. The fraction of sp³-hybridized carbons (Fsp3) is 0.476. The number of rotatable bonds is 5. The number of aryl methyl sites for hydroxylation is 4. The number of aliphatic hydroxyl groups excluding tert-OH is 1. The van der Waals surface area contributed by atoms with Crippen LogP contribution in [0.15, 0.2) is 18.2 Å². The zero-order valence-corrected chi connectivity index (χ0v) is 16.5. The van der Waals surface area contributed by atoms with E-state index in [1.165, 1.54) is 22.4 Å². The molecule has 3 N–H and O–H groups in total. The standard InChI is InChI=1S/C21H30N4O/c1-6-17(12-26)24-18-11-16(5)23-21-19(18)22-7-8-25(21)20-14(3)9-13(2)10-15(20)4/h9-11,17,22,26H,6-8,12H2,1-5H3,(H,23,24). The van der Waals surface area contributed by atoms with E-state index in [0.29, 0.717) is 0 Å². The third-order valence-electron chi connectivity index (χ3n) is 5.00. The minimum Gasteiger partial charge on any atom is -0.394 e. The summed E-state index contributed by atoms with van der Waals surface area (Å²) >= 11 is 0. The molecule has 5 heteroatoms. The van der Waals surface area contributed by atoms with E-state index < -0.39 is 0 Å². The Hall–Kier alpha value is -2.27. The molecular weight excluding hydrogens is 324 g/mol. The molecule has 0 saturated heterocycles. The van der Waals surface area contributed by atoms with E-state index in [1.807, 2.05) is 6.92 Å². The lowest BCUT2D eigenvalue weighted by Crippen LogP contribution is -2.33. The van der Waals surface area contributed by atoms with Crippen LogP contribution in [0.3, 0.4) is 0 Å². The molecule has 0 spiro atoms. The number of benzene rings is 1. The molecule has 1 aromatic heterocycles. The third kappa shape index (κ3) is 3.49. The highest BCUT2D eigenvalue weighted by molar-refractivity contribution is 5.87. The maximum atomic E-state index is 9.58. The smallest absolute Gasteiger partial charge is 0.158 e. The second-order valence-corrected chi connectivity index (χ2v) is 7.27. The Balaban J connectivity index is 2.09. The zero-order chi connectivity index (χ0) is 18.8. The van der Waals surface area contributed by atoms with Crippen LogP contribution >= 0.6 is 0 Å². The summed E-state index contributed by atoms with van der Waals surface area (Å²) in [6, 6.07) is 6.57. The summed E-state index contributed by atoms with van der Waals surface area (Å²) in [6.45, 7) is 12.4.